The van der Waals surface area contributed by atoms with Gasteiger partial charge in [-0.15, -0.1) is 0 Å². The lowest BCUT2D eigenvalue weighted by atomic mass is 9.80. The van der Waals surface area contributed by atoms with Crippen LogP contribution in [0, 0.1) is 5.92 Å². The number of nitrogens with one attached hydrogen (secondary N) is 1. The summed E-state index contributed by atoms with van der Waals surface area (Å²) in [5.41, 5.74) is 2.94. The van der Waals surface area contributed by atoms with Crippen molar-refractivity contribution in [3.8, 4) is 0 Å². The molecule has 3 N–H and O–H groups in total. The highest BCUT2D eigenvalue weighted by Gasteiger charge is 2.22. The lowest BCUT2D eigenvalue weighted by Gasteiger charge is -2.29. The minimum atomic E-state index is 0.373. The molecule has 1 unspecified atom stereocenters. The zero-order valence-electron chi connectivity index (χ0n) is 10.0. The van der Waals surface area contributed by atoms with Gasteiger partial charge >= 0.3 is 0 Å². The van der Waals surface area contributed by atoms with Gasteiger partial charge in [-0.1, -0.05) is 19.3 Å². The van der Waals surface area contributed by atoms with Gasteiger partial charge in [-0.3, -0.25) is 11.3 Å². The number of hydrogen-bond donors (Lipinski definition) is 2. The van der Waals surface area contributed by atoms with Crippen LogP contribution in [-0.4, -0.2) is 15.6 Å². The number of nitrogens with zero attached hydrogens (tertiary/aromatic N) is 2. The second kappa shape index (κ2) is 5.46. The van der Waals surface area contributed by atoms with Crippen LogP contribution in [0.25, 0.3) is 0 Å². The van der Waals surface area contributed by atoms with Gasteiger partial charge in [0.25, 0.3) is 0 Å². The van der Waals surface area contributed by atoms with Crippen LogP contribution in [0.1, 0.15) is 38.4 Å². The third-order valence-corrected chi connectivity index (χ3v) is 3.65. The van der Waals surface area contributed by atoms with Gasteiger partial charge in [0.2, 0.25) is 0 Å². The molecule has 1 aliphatic carbocycles. The summed E-state index contributed by atoms with van der Waals surface area (Å²) in [7, 11) is 0. The van der Waals surface area contributed by atoms with Crippen molar-refractivity contribution in [3.63, 3.8) is 0 Å². The van der Waals surface area contributed by atoms with Crippen molar-refractivity contribution in [2.45, 2.75) is 51.6 Å². The van der Waals surface area contributed by atoms with E-state index in [-0.39, 0.29) is 0 Å². The second-order valence-corrected chi connectivity index (χ2v) is 4.73. The van der Waals surface area contributed by atoms with E-state index in [0.29, 0.717) is 6.04 Å². The number of hydrazine groups is 1. The Morgan fingerprint density at radius 1 is 1.62 bits per heavy atom. The molecule has 0 bridgehead atoms. The van der Waals surface area contributed by atoms with E-state index in [1.54, 1.807) is 0 Å². The molecule has 4 nitrogen and oxygen atoms in total. The number of imidazole rings is 1. The summed E-state index contributed by atoms with van der Waals surface area (Å²) in [6.45, 7) is 3.12. The Morgan fingerprint density at radius 3 is 3.00 bits per heavy atom. The van der Waals surface area contributed by atoms with Crippen molar-refractivity contribution in [2.75, 3.05) is 0 Å². The lowest BCUT2D eigenvalue weighted by Crippen LogP contribution is -2.39. The smallest absolute Gasteiger partial charge is 0.110 e. The fourth-order valence-corrected chi connectivity index (χ4v) is 2.38. The molecule has 0 aromatic carbocycles. The molecule has 1 heterocycles. The predicted octanol–water partition coefficient (Wildman–Crippen LogP) is 1.47. The van der Waals surface area contributed by atoms with Crippen molar-refractivity contribution < 1.29 is 0 Å². The molecule has 1 aromatic rings. The first-order valence-corrected chi connectivity index (χ1v) is 6.29. The second-order valence-electron chi connectivity index (χ2n) is 4.73. The molecule has 16 heavy (non-hydrogen) atoms. The number of hydrogen-bond acceptors (Lipinski definition) is 3. The van der Waals surface area contributed by atoms with E-state index in [4.69, 9.17) is 5.84 Å². The summed E-state index contributed by atoms with van der Waals surface area (Å²) in [6, 6.07) is 0.373. The van der Waals surface area contributed by atoms with Crippen LogP contribution in [0.3, 0.4) is 0 Å². The normalized spacial score (nSPS) is 18.4. The van der Waals surface area contributed by atoms with Crippen LogP contribution in [0.2, 0.25) is 0 Å². The highest BCUT2D eigenvalue weighted by Crippen LogP contribution is 2.30. The molecule has 2 rings (SSSR count). The van der Waals surface area contributed by atoms with Gasteiger partial charge in [0.15, 0.2) is 0 Å². The SMILES string of the molecule is CCn1ccnc1CC(CC1CCC1)NN. The summed E-state index contributed by atoms with van der Waals surface area (Å²) in [6.07, 6.45) is 10.2. The molecule has 90 valence electrons. The number of aryl methyl sites for hydroxylation is 1. The van der Waals surface area contributed by atoms with E-state index < -0.39 is 0 Å². The third kappa shape index (κ3) is 2.62. The van der Waals surface area contributed by atoms with Gasteiger partial charge in [0, 0.05) is 31.4 Å². The van der Waals surface area contributed by atoms with E-state index in [0.717, 1.165) is 24.7 Å². The largest absolute Gasteiger partial charge is 0.335 e. The quantitative estimate of drug-likeness (QED) is 0.566. The number of rotatable bonds is 6. The molecular formula is C12H22N4. The molecular weight excluding hydrogens is 200 g/mol. The van der Waals surface area contributed by atoms with Gasteiger partial charge < -0.3 is 4.57 Å². The fraction of sp³-hybridized carbons (Fsp3) is 0.750. The van der Waals surface area contributed by atoms with Crippen LogP contribution in [0.5, 0.6) is 0 Å². The Hall–Kier alpha value is -0.870. The summed E-state index contributed by atoms with van der Waals surface area (Å²) in [5, 5.41) is 0. The first-order valence-electron chi connectivity index (χ1n) is 6.29. The minimum absolute atomic E-state index is 0.373. The molecule has 0 spiro atoms. The summed E-state index contributed by atoms with van der Waals surface area (Å²) in [5.74, 6) is 7.64. The Bertz CT molecular complexity index is 317. The first-order chi connectivity index (χ1) is 7.83. The fourth-order valence-electron chi connectivity index (χ4n) is 2.38. The zero-order valence-corrected chi connectivity index (χ0v) is 10.0. The number of aromatic nitrogens is 2. The molecule has 1 aliphatic rings. The molecule has 0 radical (unpaired) electrons. The van der Waals surface area contributed by atoms with E-state index in [9.17, 15) is 0 Å². The molecule has 0 saturated heterocycles. The molecule has 1 saturated carbocycles. The van der Waals surface area contributed by atoms with Gasteiger partial charge in [-0.25, -0.2) is 4.98 Å². The predicted molar refractivity (Wildman–Crippen MR) is 64.7 cm³/mol. The highest BCUT2D eigenvalue weighted by molar-refractivity contribution is 4.96. The van der Waals surface area contributed by atoms with Gasteiger partial charge in [0.1, 0.15) is 5.82 Å². The summed E-state index contributed by atoms with van der Waals surface area (Å²) < 4.78 is 2.19. The maximum Gasteiger partial charge on any atom is 0.110 e. The van der Waals surface area contributed by atoms with Gasteiger partial charge in [-0.05, 0) is 19.3 Å². The third-order valence-electron chi connectivity index (χ3n) is 3.65. The van der Waals surface area contributed by atoms with Crippen molar-refractivity contribution in [3.05, 3.63) is 18.2 Å². The van der Waals surface area contributed by atoms with Gasteiger partial charge in [0.05, 0.1) is 0 Å². The maximum absolute atomic E-state index is 5.62. The molecule has 4 heteroatoms. The van der Waals surface area contributed by atoms with Crippen molar-refractivity contribution in [1.82, 2.24) is 15.0 Å². The van der Waals surface area contributed by atoms with E-state index >= 15 is 0 Å². The zero-order chi connectivity index (χ0) is 11.4. The lowest BCUT2D eigenvalue weighted by molar-refractivity contribution is 0.258. The Balaban J connectivity index is 1.89. The standard InChI is InChI=1S/C12H22N4/c1-2-16-7-6-14-12(16)9-11(15-13)8-10-4-3-5-10/h6-7,10-11,15H,2-5,8-9,13H2,1H3. The Kier molecular flexibility index (Phi) is 3.96. The van der Waals surface area contributed by atoms with Crippen LogP contribution in [0.15, 0.2) is 12.4 Å². The summed E-state index contributed by atoms with van der Waals surface area (Å²) in [4.78, 5) is 4.39. The monoisotopic (exact) mass is 222 g/mol. The minimum Gasteiger partial charge on any atom is -0.335 e. The average molecular weight is 222 g/mol. The molecule has 0 amide bonds. The topological polar surface area (TPSA) is 55.9 Å². The van der Waals surface area contributed by atoms with E-state index in [1.807, 2.05) is 12.4 Å². The average Bonchev–Trinajstić information content (AvgIpc) is 2.68. The van der Waals surface area contributed by atoms with Crippen LogP contribution < -0.4 is 11.3 Å². The molecule has 1 aromatic heterocycles. The summed E-state index contributed by atoms with van der Waals surface area (Å²) >= 11 is 0. The molecule has 0 aliphatic heterocycles. The highest BCUT2D eigenvalue weighted by atomic mass is 15.2. The maximum atomic E-state index is 5.62. The van der Waals surface area contributed by atoms with Gasteiger partial charge in [-0.2, -0.15) is 0 Å². The van der Waals surface area contributed by atoms with Crippen LogP contribution in [-0.2, 0) is 13.0 Å². The van der Waals surface area contributed by atoms with Crippen LogP contribution >= 0.6 is 0 Å². The Labute approximate surface area is 97.2 Å². The first kappa shape index (κ1) is 11.6. The van der Waals surface area contributed by atoms with Crippen LogP contribution in [0.4, 0.5) is 0 Å². The van der Waals surface area contributed by atoms with Crippen molar-refractivity contribution in [1.29, 1.82) is 0 Å². The Morgan fingerprint density at radius 2 is 2.44 bits per heavy atom. The molecule has 1 fully saturated rings. The van der Waals surface area contributed by atoms with Crippen molar-refractivity contribution >= 4 is 0 Å². The van der Waals surface area contributed by atoms with E-state index in [2.05, 4.69) is 21.9 Å². The van der Waals surface area contributed by atoms with E-state index in [1.165, 1.54) is 25.7 Å². The number of nitrogens with two attached hydrogens (primary N) is 1. The molecule has 1 atom stereocenters. The van der Waals surface area contributed by atoms with Crippen molar-refractivity contribution in [2.24, 2.45) is 11.8 Å².